The smallest absolute Gasteiger partial charge is 0.305 e. The van der Waals surface area contributed by atoms with Crippen LogP contribution < -0.4 is 5.32 Å². The highest BCUT2D eigenvalue weighted by Gasteiger charge is 2.36. The molecule has 0 radical (unpaired) electrons. The van der Waals surface area contributed by atoms with Crippen molar-refractivity contribution in [3.8, 4) is 0 Å². The molecule has 1 aliphatic rings. The predicted octanol–water partition coefficient (Wildman–Crippen LogP) is 1.89. The number of aryl methyl sites for hydroxylation is 1. The van der Waals surface area contributed by atoms with Crippen molar-refractivity contribution in [1.82, 2.24) is 10.5 Å². The number of carbonyl (C=O) groups is 2. The standard InChI is InChI=1S/C13H18N2O4/c1-9-10(8-14-19-9)12(18)15-13(7-11(16)17)5-3-2-4-6-13/h8H,2-7H2,1H3,(H,15,18)(H,16,17). The summed E-state index contributed by atoms with van der Waals surface area (Å²) in [5, 5.41) is 15.5. The minimum Gasteiger partial charge on any atom is -0.481 e. The molecule has 19 heavy (non-hydrogen) atoms. The van der Waals surface area contributed by atoms with Crippen molar-refractivity contribution in [3.63, 3.8) is 0 Å². The molecule has 6 nitrogen and oxygen atoms in total. The van der Waals surface area contributed by atoms with Crippen LogP contribution in [0.1, 0.15) is 54.6 Å². The van der Waals surface area contributed by atoms with E-state index in [2.05, 4.69) is 10.5 Å². The number of aliphatic carboxylic acids is 1. The number of carbonyl (C=O) groups excluding carboxylic acids is 1. The fourth-order valence-corrected chi connectivity index (χ4v) is 2.69. The molecule has 0 aromatic carbocycles. The number of carboxylic acids is 1. The van der Waals surface area contributed by atoms with Crippen LogP contribution in [0.3, 0.4) is 0 Å². The lowest BCUT2D eigenvalue weighted by Gasteiger charge is -2.36. The van der Waals surface area contributed by atoms with Crippen LogP contribution in [0.15, 0.2) is 10.7 Å². The van der Waals surface area contributed by atoms with Gasteiger partial charge in [0, 0.05) is 0 Å². The molecule has 1 fully saturated rings. The molecule has 1 amide bonds. The molecular formula is C13H18N2O4. The van der Waals surface area contributed by atoms with E-state index < -0.39 is 11.5 Å². The molecule has 0 unspecified atom stereocenters. The minimum atomic E-state index is -0.885. The predicted molar refractivity (Wildman–Crippen MR) is 66.8 cm³/mol. The van der Waals surface area contributed by atoms with Crippen molar-refractivity contribution >= 4 is 11.9 Å². The summed E-state index contributed by atoms with van der Waals surface area (Å²) >= 11 is 0. The van der Waals surface area contributed by atoms with Gasteiger partial charge in [-0.1, -0.05) is 24.4 Å². The summed E-state index contributed by atoms with van der Waals surface area (Å²) in [5.74, 6) is -0.745. The van der Waals surface area contributed by atoms with Crippen molar-refractivity contribution in [3.05, 3.63) is 17.5 Å². The summed E-state index contributed by atoms with van der Waals surface area (Å²) in [6.07, 6.45) is 5.70. The summed E-state index contributed by atoms with van der Waals surface area (Å²) in [4.78, 5) is 23.2. The van der Waals surface area contributed by atoms with Crippen LogP contribution in [0.4, 0.5) is 0 Å². The first-order chi connectivity index (χ1) is 9.02. The molecule has 2 N–H and O–H groups in total. The van der Waals surface area contributed by atoms with Crippen LogP contribution >= 0.6 is 0 Å². The third-order valence-corrected chi connectivity index (χ3v) is 3.67. The van der Waals surface area contributed by atoms with E-state index in [4.69, 9.17) is 9.63 Å². The average molecular weight is 266 g/mol. The number of aromatic nitrogens is 1. The average Bonchev–Trinajstić information content (AvgIpc) is 2.75. The highest BCUT2D eigenvalue weighted by atomic mass is 16.5. The molecule has 0 spiro atoms. The van der Waals surface area contributed by atoms with E-state index in [0.717, 1.165) is 19.3 Å². The number of nitrogens with one attached hydrogen (secondary N) is 1. The van der Waals surface area contributed by atoms with Gasteiger partial charge in [-0.25, -0.2) is 0 Å². The van der Waals surface area contributed by atoms with E-state index in [1.165, 1.54) is 6.20 Å². The van der Waals surface area contributed by atoms with Gasteiger partial charge in [-0.2, -0.15) is 0 Å². The first-order valence-electron chi connectivity index (χ1n) is 6.48. The zero-order valence-electron chi connectivity index (χ0n) is 10.9. The molecular weight excluding hydrogens is 248 g/mol. The molecule has 1 aliphatic carbocycles. The lowest BCUT2D eigenvalue weighted by Crippen LogP contribution is -2.51. The van der Waals surface area contributed by atoms with Gasteiger partial charge in [0.1, 0.15) is 11.3 Å². The Kier molecular flexibility index (Phi) is 3.87. The van der Waals surface area contributed by atoms with Crippen LogP contribution in [-0.4, -0.2) is 27.7 Å². The SMILES string of the molecule is Cc1oncc1C(=O)NC1(CC(=O)O)CCCCC1. The Bertz CT molecular complexity index is 475. The van der Waals surface area contributed by atoms with Gasteiger partial charge in [0.2, 0.25) is 0 Å². The van der Waals surface area contributed by atoms with Crippen LogP contribution in [0.25, 0.3) is 0 Å². The van der Waals surface area contributed by atoms with Gasteiger partial charge in [-0.05, 0) is 19.8 Å². The Morgan fingerprint density at radius 3 is 2.63 bits per heavy atom. The van der Waals surface area contributed by atoms with E-state index in [1.54, 1.807) is 6.92 Å². The van der Waals surface area contributed by atoms with E-state index in [-0.39, 0.29) is 12.3 Å². The van der Waals surface area contributed by atoms with Crippen molar-refractivity contribution in [2.24, 2.45) is 0 Å². The molecule has 0 aliphatic heterocycles. The molecule has 1 heterocycles. The lowest BCUT2D eigenvalue weighted by atomic mass is 9.79. The maximum absolute atomic E-state index is 12.2. The summed E-state index contributed by atoms with van der Waals surface area (Å²) in [5.41, 5.74) is -0.263. The number of nitrogens with zero attached hydrogens (tertiary/aromatic N) is 1. The Morgan fingerprint density at radius 1 is 1.42 bits per heavy atom. The van der Waals surface area contributed by atoms with E-state index in [1.807, 2.05) is 0 Å². The van der Waals surface area contributed by atoms with Gasteiger partial charge in [-0.3, -0.25) is 9.59 Å². The van der Waals surface area contributed by atoms with E-state index in [9.17, 15) is 9.59 Å². The second-order valence-corrected chi connectivity index (χ2v) is 5.16. The number of rotatable bonds is 4. The minimum absolute atomic E-state index is 0.0386. The third kappa shape index (κ3) is 3.13. The van der Waals surface area contributed by atoms with E-state index in [0.29, 0.717) is 24.2 Å². The second kappa shape index (κ2) is 5.42. The first kappa shape index (κ1) is 13.6. The molecule has 0 saturated heterocycles. The second-order valence-electron chi connectivity index (χ2n) is 5.16. The van der Waals surface area contributed by atoms with Crippen molar-refractivity contribution < 1.29 is 19.2 Å². The van der Waals surface area contributed by atoms with Crippen LogP contribution in [0.2, 0.25) is 0 Å². The first-order valence-corrected chi connectivity index (χ1v) is 6.48. The third-order valence-electron chi connectivity index (χ3n) is 3.67. The maximum Gasteiger partial charge on any atom is 0.305 e. The number of hydrogen-bond acceptors (Lipinski definition) is 4. The lowest BCUT2D eigenvalue weighted by molar-refractivity contribution is -0.139. The van der Waals surface area contributed by atoms with Gasteiger partial charge in [-0.15, -0.1) is 0 Å². The van der Waals surface area contributed by atoms with E-state index >= 15 is 0 Å². The van der Waals surface area contributed by atoms with Crippen LogP contribution in [0, 0.1) is 6.92 Å². The fourth-order valence-electron chi connectivity index (χ4n) is 2.69. The topological polar surface area (TPSA) is 92.4 Å². The number of carboxylic acid groups (broad SMARTS) is 1. The largest absolute Gasteiger partial charge is 0.481 e. The molecule has 104 valence electrons. The zero-order valence-corrected chi connectivity index (χ0v) is 10.9. The molecule has 1 aromatic heterocycles. The normalized spacial score (nSPS) is 17.9. The summed E-state index contributed by atoms with van der Waals surface area (Å²) in [7, 11) is 0. The molecule has 1 aromatic rings. The number of hydrogen-bond donors (Lipinski definition) is 2. The van der Waals surface area contributed by atoms with Gasteiger partial charge in [0.25, 0.3) is 5.91 Å². The van der Waals surface area contributed by atoms with Crippen molar-refractivity contribution in [2.45, 2.75) is 51.0 Å². The monoisotopic (exact) mass is 266 g/mol. The molecule has 2 rings (SSSR count). The van der Waals surface area contributed by atoms with Crippen molar-refractivity contribution in [1.29, 1.82) is 0 Å². The summed E-state index contributed by atoms with van der Waals surface area (Å²) < 4.78 is 4.86. The summed E-state index contributed by atoms with van der Waals surface area (Å²) in [6.45, 7) is 1.66. The van der Waals surface area contributed by atoms with Gasteiger partial charge in [0.15, 0.2) is 0 Å². The molecule has 1 saturated carbocycles. The fraction of sp³-hybridized carbons (Fsp3) is 0.615. The van der Waals surface area contributed by atoms with Crippen LogP contribution in [0.5, 0.6) is 0 Å². The summed E-state index contributed by atoms with van der Waals surface area (Å²) in [6, 6.07) is 0. The highest BCUT2D eigenvalue weighted by molar-refractivity contribution is 5.95. The Hall–Kier alpha value is -1.85. The molecule has 6 heteroatoms. The van der Waals surface area contributed by atoms with Crippen LogP contribution in [-0.2, 0) is 4.79 Å². The Labute approximate surface area is 111 Å². The molecule has 0 atom stereocenters. The van der Waals surface area contributed by atoms with Crippen molar-refractivity contribution in [2.75, 3.05) is 0 Å². The quantitative estimate of drug-likeness (QED) is 0.868. The molecule has 0 bridgehead atoms. The zero-order chi connectivity index (χ0) is 13.9. The van der Waals surface area contributed by atoms with Gasteiger partial charge >= 0.3 is 5.97 Å². The Morgan fingerprint density at radius 2 is 2.11 bits per heavy atom. The number of amides is 1. The van der Waals surface area contributed by atoms with Gasteiger partial charge in [0.05, 0.1) is 18.2 Å². The maximum atomic E-state index is 12.2. The Balaban J connectivity index is 2.14. The van der Waals surface area contributed by atoms with Gasteiger partial charge < -0.3 is 14.9 Å². The highest BCUT2D eigenvalue weighted by Crippen LogP contribution is 2.31.